The van der Waals surface area contributed by atoms with E-state index >= 15 is 0 Å². The molecule has 2 rings (SSSR count). The second-order valence-corrected chi connectivity index (χ2v) is 5.32. The number of rotatable bonds is 6. The topological polar surface area (TPSA) is 41.1 Å². The van der Waals surface area contributed by atoms with Gasteiger partial charge in [0.1, 0.15) is 0 Å². The number of hydrogen-bond acceptors (Lipinski definition) is 2. The van der Waals surface area contributed by atoms with Gasteiger partial charge in [0.15, 0.2) is 0 Å². The van der Waals surface area contributed by atoms with Crippen LogP contribution in [0.25, 0.3) is 0 Å². The van der Waals surface area contributed by atoms with Gasteiger partial charge in [-0.2, -0.15) is 0 Å². The molecular weight excluding hydrogens is 236 g/mol. The fourth-order valence-corrected chi connectivity index (χ4v) is 2.69. The highest BCUT2D eigenvalue weighted by Gasteiger charge is 2.17. The van der Waals surface area contributed by atoms with Crippen LogP contribution in [0.4, 0.5) is 0 Å². The Balaban J connectivity index is 1.79. The first kappa shape index (κ1) is 14.1. The Morgan fingerprint density at radius 3 is 2.84 bits per heavy atom. The molecule has 104 valence electrons. The zero-order valence-corrected chi connectivity index (χ0v) is 11.7. The van der Waals surface area contributed by atoms with Gasteiger partial charge in [0, 0.05) is 19.0 Å². The lowest BCUT2D eigenvalue weighted by atomic mass is 9.93. The molecule has 1 aromatic rings. The SMILES string of the molecule is CCC(CC(=O)NCC1CCCN1)c1ccccc1. The van der Waals surface area contributed by atoms with Crippen molar-refractivity contribution in [1.29, 1.82) is 0 Å². The van der Waals surface area contributed by atoms with Gasteiger partial charge in [-0.15, -0.1) is 0 Å². The lowest BCUT2D eigenvalue weighted by molar-refractivity contribution is -0.121. The molecule has 2 unspecified atom stereocenters. The molecule has 19 heavy (non-hydrogen) atoms. The molecule has 1 amide bonds. The molecule has 1 fully saturated rings. The van der Waals surface area contributed by atoms with E-state index in [9.17, 15) is 4.79 Å². The van der Waals surface area contributed by atoms with Crippen molar-refractivity contribution in [2.75, 3.05) is 13.1 Å². The second kappa shape index (κ2) is 7.29. The third-order valence-corrected chi connectivity index (χ3v) is 3.90. The molecule has 1 heterocycles. The van der Waals surface area contributed by atoms with Crippen LogP contribution < -0.4 is 10.6 Å². The minimum absolute atomic E-state index is 0.171. The standard InChI is InChI=1S/C16H24N2O/c1-2-13(14-7-4-3-5-8-14)11-16(19)18-12-15-9-6-10-17-15/h3-5,7-8,13,15,17H,2,6,9-12H2,1H3,(H,18,19). The number of carbonyl (C=O) groups excluding carboxylic acids is 1. The van der Waals surface area contributed by atoms with E-state index in [1.165, 1.54) is 18.4 Å². The molecule has 1 aliphatic rings. The Morgan fingerprint density at radius 1 is 1.42 bits per heavy atom. The van der Waals surface area contributed by atoms with Crippen LogP contribution in [0.3, 0.4) is 0 Å². The maximum Gasteiger partial charge on any atom is 0.220 e. The quantitative estimate of drug-likeness (QED) is 0.825. The van der Waals surface area contributed by atoms with E-state index in [-0.39, 0.29) is 5.91 Å². The zero-order chi connectivity index (χ0) is 13.5. The summed E-state index contributed by atoms with van der Waals surface area (Å²) in [7, 11) is 0. The number of nitrogens with one attached hydrogen (secondary N) is 2. The Morgan fingerprint density at radius 2 is 2.21 bits per heavy atom. The van der Waals surface area contributed by atoms with E-state index in [1.54, 1.807) is 0 Å². The fourth-order valence-electron chi connectivity index (χ4n) is 2.69. The predicted octanol–water partition coefficient (Wildman–Crippen LogP) is 2.44. The molecule has 3 heteroatoms. The summed E-state index contributed by atoms with van der Waals surface area (Å²) in [6.07, 6.45) is 3.99. The van der Waals surface area contributed by atoms with Crippen LogP contribution in [0, 0.1) is 0 Å². The van der Waals surface area contributed by atoms with Crippen molar-refractivity contribution >= 4 is 5.91 Å². The first-order valence-corrected chi connectivity index (χ1v) is 7.34. The third-order valence-electron chi connectivity index (χ3n) is 3.90. The Kier molecular flexibility index (Phi) is 5.40. The van der Waals surface area contributed by atoms with Crippen molar-refractivity contribution in [3.8, 4) is 0 Å². The number of hydrogen-bond donors (Lipinski definition) is 2. The van der Waals surface area contributed by atoms with Gasteiger partial charge >= 0.3 is 0 Å². The highest BCUT2D eigenvalue weighted by Crippen LogP contribution is 2.22. The summed E-state index contributed by atoms with van der Waals surface area (Å²) in [6, 6.07) is 10.8. The summed E-state index contributed by atoms with van der Waals surface area (Å²) < 4.78 is 0. The average Bonchev–Trinajstić information content (AvgIpc) is 2.97. The van der Waals surface area contributed by atoms with Gasteiger partial charge in [-0.25, -0.2) is 0 Å². The van der Waals surface area contributed by atoms with Gasteiger partial charge in [0.2, 0.25) is 5.91 Å². The summed E-state index contributed by atoms with van der Waals surface area (Å²) in [5, 5.41) is 6.45. The molecule has 0 radical (unpaired) electrons. The van der Waals surface area contributed by atoms with E-state index in [1.807, 2.05) is 18.2 Å². The van der Waals surface area contributed by atoms with Gasteiger partial charge in [-0.3, -0.25) is 4.79 Å². The van der Waals surface area contributed by atoms with Crippen LogP contribution in [0.1, 0.15) is 44.1 Å². The Bertz CT molecular complexity index is 385. The molecule has 0 saturated carbocycles. The van der Waals surface area contributed by atoms with Gasteiger partial charge in [0.25, 0.3) is 0 Å². The minimum atomic E-state index is 0.171. The van der Waals surface area contributed by atoms with Crippen LogP contribution in [0.5, 0.6) is 0 Å². The Labute approximate surface area is 115 Å². The van der Waals surface area contributed by atoms with Crippen LogP contribution in [-0.4, -0.2) is 25.0 Å². The van der Waals surface area contributed by atoms with Crippen LogP contribution >= 0.6 is 0 Å². The van der Waals surface area contributed by atoms with Crippen LogP contribution in [0.15, 0.2) is 30.3 Å². The summed E-state index contributed by atoms with van der Waals surface area (Å²) in [6.45, 7) is 4.00. The van der Waals surface area contributed by atoms with Crippen LogP contribution in [-0.2, 0) is 4.79 Å². The van der Waals surface area contributed by atoms with Gasteiger partial charge < -0.3 is 10.6 Å². The molecule has 1 saturated heterocycles. The maximum atomic E-state index is 12.0. The molecular formula is C16H24N2O. The van der Waals surface area contributed by atoms with Gasteiger partial charge in [-0.05, 0) is 37.3 Å². The summed E-state index contributed by atoms with van der Waals surface area (Å²) >= 11 is 0. The monoisotopic (exact) mass is 260 g/mol. The number of benzene rings is 1. The maximum absolute atomic E-state index is 12.0. The molecule has 1 aromatic carbocycles. The van der Waals surface area contributed by atoms with Crippen LogP contribution in [0.2, 0.25) is 0 Å². The molecule has 2 N–H and O–H groups in total. The third kappa shape index (κ3) is 4.35. The van der Waals surface area contributed by atoms with E-state index in [2.05, 4.69) is 29.7 Å². The van der Waals surface area contributed by atoms with Crippen molar-refractivity contribution in [3.05, 3.63) is 35.9 Å². The summed E-state index contributed by atoms with van der Waals surface area (Å²) in [5.74, 6) is 0.502. The second-order valence-electron chi connectivity index (χ2n) is 5.32. The number of amides is 1. The largest absolute Gasteiger partial charge is 0.355 e. The van der Waals surface area contributed by atoms with Gasteiger partial charge in [-0.1, -0.05) is 37.3 Å². The minimum Gasteiger partial charge on any atom is -0.355 e. The van der Waals surface area contributed by atoms with Crippen molar-refractivity contribution in [2.24, 2.45) is 0 Å². The lowest BCUT2D eigenvalue weighted by Crippen LogP contribution is -2.37. The van der Waals surface area contributed by atoms with Crippen molar-refractivity contribution < 1.29 is 4.79 Å². The van der Waals surface area contributed by atoms with E-state index in [4.69, 9.17) is 0 Å². The average molecular weight is 260 g/mol. The predicted molar refractivity (Wildman–Crippen MR) is 78.1 cm³/mol. The van der Waals surface area contributed by atoms with Gasteiger partial charge in [0.05, 0.1) is 0 Å². The molecule has 2 atom stereocenters. The normalized spacial score (nSPS) is 20.2. The zero-order valence-electron chi connectivity index (χ0n) is 11.7. The van der Waals surface area contributed by atoms with E-state index in [0.29, 0.717) is 18.4 Å². The summed E-state index contributed by atoms with van der Waals surface area (Å²) in [5.41, 5.74) is 1.26. The van der Waals surface area contributed by atoms with Crippen molar-refractivity contribution in [2.45, 2.75) is 44.6 Å². The smallest absolute Gasteiger partial charge is 0.220 e. The fraction of sp³-hybridized carbons (Fsp3) is 0.562. The molecule has 0 aliphatic carbocycles. The number of carbonyl (C=O) groups is 1. The van der Waals surface area contributed by atoms with Crippen molar-refractivity contribution in [1.82, 2.24) is 10.6 Å². The first-order chi connectivity index (χ1) is 9.29. The molecule has 0 spiro atoms. The summed E-state index contributed by atoms with van der Waals surface area (Å²) in [4.78, 5) is 12.0. The first-order valence-electron chi connectivity index (χ1n) is 7.34. The van der Waals surface area contributed by atoms with E-state index in [0.717, 1.165) is 19.5 Å². The molecule has 0 aromatic heterocycles. The Hall–Kier alpha value is -1.35. The lowest BCUT2D eigenvalue weighted by Gasteiger charge is -2.16. The highest BCUT2D eigenvalue weighted by atomic mass is 16.1. The van der Waals surface area contributed by atoms with Crippen molar-refractivity contribution in [3.63, 3.8) is 0 Å². The molecule has 1 aliphatic heterocycles. The highest BCUT2D eigenvalue weighted by molar-refractivity contribution is 5.76. The van der Waals surface area contributed by atoms with E-state index < -0.39 is 0 Å². The molecule has 3 nitrogen and oxygen atoms in total. The molecule has 0 bridgehead atoms.